The third-order valence-corrected chi connectivity index (χ3v) is 4.21. The summed E-state index contributed by atoms with van der Waals surface area (Å²) in [5.74, 6) is 0.503. The Labute approximate surface area is 107 Å². The summed E-state index contributed by atoms with van der Waals surface area (Å²) >= 11 is 6.04. The van der Waals surface area contributed by atoms with Crippen molar-refractivity contribution in [2.45, 2.75) is 44.6 Å². The van der Waals surface area contributed by atoms with Crippen LogP contribution in [0.15, 0.2) is 18.2 Å². The highest BCUT2D eigenvalue weighted by Gasteiger charge is 2.31. The van der Waals surface area contributed by atoms with Gasteiger partial charge in [0, 0.05) is 16.1 Å². The van der Waals surface area contributed by atoms with Crippen LogP contribution in [0.1, 0.15) is 38.2 Å². The summed E-state index contributed by atoms with van der Waals surface area (Å²) in [4.78, 5) is 0. The van der Waals surface area contributed by atoms with Crippen molar-refractivity contribution in [3.05, 3.63) is 34.6 Å². The van der Waals surface area contributed by atoms with Crippen molar-refractivity contribution in [2.75, 3.05) is 0 Å². The molecular formula is C14H19ClFN. The Kier molecular flexibility index (Phi) is 3.74. The van der Waals surface area contributed by atoms with Crippen LogP contribution in [0.25, 0.3) is 0 Å². The first-order valence-electron chi connectivity index (χ1n) is 6.22. The second kappa shape index (κ2) is 4.95. The Morgan fingerprint density at radius 2 is 2.06 bits per heavy atom. The third-order valence-electron chi connectivity index (χ3n) is 3.86. The maximum absolute atomic E-state index is 13.7. The van der Waals surface area contributed by atoms with Crippen molar-refractivity contribution in [2.24, 2.45) is 11.7 Å². The van der Waals surface area contributed by atoms with Gasteiger partial charge < -0.3 is 5.73 Å². The number of rotatable bonds is 2. The van der Waals surface area contributed by atoms with Crippen LogP contribution in [-0.4, -0.2) is 5.54 Å². The van der Waals surface area contributed by atoms with Gasteiger partial charge in [0.2, 0.25) is 0 Å². The van der Waals surface area contributed by atoms with Crippen LogP contribution in [-0.2, 0) is 6.42 Å². The second-order valence-corrected chi connectivity index (χ2v) is 5.83. The molecule has 1 nitrogen and oxygen atoms in total. The molecule has 3 heteroatoms. The molecule has 1 aromatic rings. The SMILES string of the molecule is CC1CCC(N)(Cc2c(F)cccc2Cl)CC1. The predicted octanol–water partition coefficient (Wildman–Crippen LogP) is 3.93. The van der Waals surface area contributed by atoms with Crippen molar-refractivity contribution in [3.63, 3.8) is 0 Å². The topological polar surface area (TPSA) is 26.0 Å². The standard InChI is InChI=1S/C14H19ClFN/c1-10-5-7-14(17,8-6-10)9-11-12(15)3-2-4-13(11)16/h2-4,10H,5-9,17H2,1H3. The Hall–Kier alpha value is -0.600. The monoisotopic (exact) mass is 255 g/mol. The van der Waals surface area contributed by atoms with Crippen LogP contribution in [0.4, 0.5) is 4.39 Å². The molecule has 0 aromatic heterocycles. The highest BCUT2D eigenvalue weighted by Crippen LogP contribution is 2.34. The fourth-order valence-electron chi connectivity index (χ4n) is 2.57. The van der Waals surface area contributed by atoms with E-state index < -0.39 is 0 Å². The Morgan fingerprint density at radius 3 is 2.65 bits per heavy atom. The minimum Gasteiger partial charge on any atom is -0.325 e. The zero-order valence-electron chi connectivity index (χ0n) is 10.2. The quantitative estimate of drug-likeness (QED) is 0.851. The fourth-order valence-corrected chi connectivity index (χ4v) is 2.80. The lowest BCUT2D eigenvalue weighted by Gasteiger charge is -2.36. The molecule has 1 saturated carbocycles. The molecule has 94 valence electrons. The largest absolute Gasteiger partial charge is 0.325 e. The number of hydrogen-bond acceptors (Lipinski definition) is 1. The van der Waals surface area contributed by atoms with Crippen molar-refractivity contribution in [1.29, 1.82) is 0 Å². The van der Waals surface area contributed by atoms with Gasteiger partial charge in [0.05, 0.1) is 0 Å². The molecule has 0 saturated heterocycles. The van der Waals surface area contributed by atoms with Crippen molar-refractivity contribution in [3.8, 4) is 0 Å². The second-order valence-electron chi connectivity index (χ2n) is 5.42. The molecule has 0 aliphatic heterocycles. The zero-order valence-corrected chi connectivity index (χ0v) is 10.9. The summed E-state index contributed by atoms with van der Waals surface area (Å²) in [5.41, 5.74) is 6.66. The van der Waals surface area contributed by atoms with Gasteiger partial charge in [-0.1, -0.05) is 24.6 Å². The molecule has 0 heterocycles. The van der Waals surface area contributed by atoms with E-state index in [0.717, 1.165) is 31.6 Å². The van der Waals surface area contributed by atoms with Gasteiger partial charge in [-0.3, -0.25) is 0 Å². The molecule has 1 aliphatic carbocycles. The van der Waals surface area contributed by atoms with Crippen LogP contribution in [0, 0.1) is 11.7 Å². The molecule has 0 unspecified atom stereocenters. The summed E-state index contributed by atoms with van der Waals surface area (Å²) in [5, 5.41) is 0.494. The van der Waals surface area contributed by atoms with Gasteiger partial charge in [-0.25, -0.2) is 4.39 Å². The summed E-state index contributed by atoms with van der Waals surface area (Å²) < 4.78 is 13.7. The lowest BCUT2D eigenvalue weighted by Crippen LogP contribution is -2.45. The maximum atomic E-state index is 13.7. The zero-order chi connectivity index (χ0) is 12.5. The van der Waals surface area contributed by atoms with Crippen LogP contribution in [0.2, 0.25) is 5.02 Å². The van der Waals surface area contributed by atoms with E-state index in [0.29, 0.717) is 17.0 Å². The van der Waals surface area contributed by atoms with E-state index >= 15 is 0 Å². The van der Waals surface area contributed by atoms with Crippen molar-refractivity contribution in [1.82, 2.24) is 0 Å². The molecule has 0 radical (unpaired) electrons. The first-order chi connectivity index (χ1) is 8.00. The predicted molar refractivity (Wildman–Crippen MR) is 69.7 cm³/mol. The van der Waals surface area contributed by atoms with Gasteiger partial charge in [-0.2, -0.15) is 0 Å². The van der Waals surface area contributed by atoms with E-state index in [-0.39, 0.29) is 11.4 Å². The van der Waals surface area contributed by atoms with Crippen LogP contribution >= 0.6 is 11.6 Å². The average molecular weight is 256 g/mol. The highest BCUT2D eigenvalue weighted by molar-refractivity contribution is 6.31. The smallest absolute Gasteiger partial charge is 0.127 e. The van der Waals surface area contributed by atoms with Gasteiger partial charge in [-0.15, -0.1) is 0 Å². The molecular weight excluding hydrogens is 237 g/mol. The molecule has 1 aliphatic rings. The minimum absolute atomic E-state index is 0.235. The summed E-state index contributed by atoms with van der Waals surface area (Å²) in [6.07, 6.45) is 4.72. The van der Waals surface area contributed by atoms with Crippen molar-refractivity contribution >= 4 is 11.6 Å². The van der Waals surface area contributed by atoms with Crippen LogP contribution in [0.3, 0.4) is 0 Å². The lowest BCUT2D eigenvalue weighted by atomic mass is 9.74. The van der Waals surface area contributed by atoms with E-state index in [1.807, 2.05) is 0 Å². The van der Waals surface area contributed by atoms with Gasteiger partial charge in [0.1, 0.15) is 5.82 Å². The number of hydrogen-bond donors (Lipinski definition) is 1. The Balaban J connectivity index is 2.15. The maximum Gasteiger partial charge on any atom is 0.127 e. The van der Waals surface area contributed by atoms with Gasteiger partial charge in [-0.05, 0) is 50.2 Å². The third kappa shape index (κ3) is 2.99. The molecule has 0 spiro atoms. The molecule has 1 fully saturated rings. The van der Waals surface area contributed by atoms with Gasteiger partial charge in [0.25, 0.3) is 0 Å². The Bertz CT molecular complexity index is 377. The first-order valence-corrected chi connectivity index (χ1v) is 6.60. The minimum atomic E-state index is -0.279. The Morgan fingerprint density at radius 1 is 1.41 bits per heavy atom. The molecule has 2 N–H and O–H groups in total. The van der Waals surface area contributed by atoms with Crippen LogP contribution in [0.5, 0.6) is 0 Å². The summed E-state index contributed by atoms with van der Waals surface area (Å²) in [7, 11) is 0. The highest BCUT2D eigenvalue weighted by atomic mass is 35.5. The van der Waals surface area contributed by atoms with Gasteiger partial charge >= 0.3 is 0 Å². The van der Waals surface area contributed by atoms with E-state index in [1.165, 1.54) is 6.07 Å². The molecule has 17 heavy (non-hydrogen) atoms. The summed E-state index contributed by atoms with van der Waals surface area (Å²) in [6.45, 7) is 2.25. The molecule has 2 rings (SSSR count). The molecule has 0 atom stereocenters. The lowest BCUT2D eigenvalue weighted by molar-refractivity contribution is 0.242. The first kappa shape index (κ1) is 12.8. The van der Waals surface area contributed by atoms with E-state index in [9.17, 15) is 4.39 Å². The molecule has 1 aromatic carbocycles. The van der Waals surface area contributed by atoms with E-state index in [2.05, 4.69) is 6.92 Å². The fraction of sp³-hybridized carbons (Fsp3) is 0.571. The number of benzene rings is 1. The van der Waals surface area contributed by atoms with Crippen molar-refractivity contribution < 1.29 is 4.39 Å². The average Bonchev–Trinajstić information content (AvgIpc) is 2.29. The number of nitrogens with two attached hydrogens (primary N) is 1. The van der Waals surface area contributed by atoms with E-state index in [1.54, 1.807) is 12.1 Å². The number of halogens is 2. The van der Waals surface area contributed by atoms with Gasteiger partial charge in [0.15, 0.2) is 0 Å². The summed E-state index contributed by atoms with van der Waals surface area (Å²) in [6, 6.07) is 4.82. The normalized spacial score (nSPS) is 29.3. The van der Waals surface area contributed by atoms with Crippen LogP contribution < -0.4 is 5.73 Å². The molecule has 0 bridgehead atoms. The molecule has 0 amide bonds. The van der Waals surface area contributed by atoms with E-state index in [4.69, 9.17) is 17.3 Å².